The second kappa shape index (κ2) is 11.5. The number of nitrogens with one attached hydrogen (secondary N) is 1. The first-order valence-electron chi connectivity index (χ1n) is 12.9. The number of anilines is 1. The molecule has 2 heterocycles. The molecule has 190 valence electrons. The van der Waals surface area contributed by atoms with E-state index in [0.29, 0.717) is 6.54 Å². The van der Waals surface area contributed by atoms with Crippen molar-refractivity contribution in [3.63, 3.8) is 0 Å². The number of hydrogen-bond acceptors (Lipinski definition) is 4. The average molecular weight is 496 g/mol. The molecule has 0 aromatic heterocycles. The Labute approximate surface area is 218 Å². The number of fused-ring (bicyclic) bond motifs is 1. The lowest BCUT2D eigenvalue weighted by atomic mass is 9.74. The minimum absolute atomic E-state index is 0.0656. The number of ether oxygens (including phenoxy) is 1. The summed E-state index contributed by atoms with van der Waals surface area (Å²) in [4.78, 5) is 17.5. The maximum absolute atomic E-state index is 13.2. The standard InChI is InChI=1S/C31H33N3O3/c1-37-27-17-15-26(16-18-27)32-31(36)33-19-5-6-20-34-28(21-33)30(29(34)22-35)25-13-11-24(12-14-25)10-9-23-7-3-2-4-8-23/h2-4,7-8,11-18,28-30,35H,5-6,19-22H2,1H3,(H,32,36)/t28-,29+,30+/m0/s1. The molecule has 2 aliphatic rings. The van der Waals surface area contributed by atoms with Crippen LogP contribution >= 0.6 is 0 Å². The SMILES string of the molecule is COc1ccc(NC(=O)N2CCCCN3[C@H](CO)[C@H](c4ccc(C#Cc5ccccc5)cc4)[C@@H]3C2)cc1. The molecular formula is C31H33N3O3. The van der Waals surface area contributed by atoms with Crippen molar-refractivity contribution in [1.29, 1.82) is 0 Å². The Kier molecular flexibility index (Phi) is 7.74. The number of amides is 2. The molecule has 3 aromatic rings. The van der Waals surface area contributed by atoms with Crippen LogP contribution in [0.1, 0.15) is 35.4 Å². The smallest absolute Gasteiger partial charge is 0.321 e. The Balaban J connectivity index is 1.30. The van der Waals surface area contributed by atoms with Gasteiger partial charge in [-0.1, -0.05) is 42.2 Å². The van der Waals surface area contributed by atoms with Crippen LogP contribution in [0.15, 0.2) is 78.9 Å². The van der Waals surface area contributed by atoms with Crippen molar-refractivity contribution in [2.24, 2.45) is 0 Å². The van der Waals surface area contributed by atoms with Crippen LogP contribution in [0.3, 0.4) is 0 Å². The summed E-state index contributed by atoms with van der Waals surface area (Å²) in [5.41, 5.74) is 3.88. The van der Waals surface area contributed by atoms with E-state index in [9.17, 15) is 9.90 Å². The molecule has 6 nitrogen and oxygen atoms in total. The highest BCUT2D eigenvalue weighted by atomic mass is 16.5. The Bertz CT molecular complexity index is 1250. The summed E-state index contributed by atoms with van der Waals surface area (Å²) in [6.45, 7) is 2.39. The number of carbonyl (C=O) groups is 1. The van der Waals surface area contributed by atoms with E-state index in [4.69, 9.17) is 4.74 Å². The number of aliphatic hydroxyl groups is 1. The first-order chi connectivity index (χ1) is 18.2. The minimum atomic E-state index is -0.0928. The van der Waals surface area contributed by atoms with Gasteiger partial charge in [0.1, 0.15) is 5.75 Å². The molecule has 0 unspecified atom stereocenters. The van der Waals surface area contributed by atoms with Crippen molar-refractivity contribution in [3.8, 4) is 17.6 Å². The van der Waals surface area contributed by atoms with Gasteiger partial charge in [0.15, 0.2) is 0 Å². The van der Waals surface area contributed by atoms with Crippen molar-refractivity contribution in [2.45, 2.75) is 30.8 Å². The van der Waals surface area contributed by atoms with Gasteiger partial charge in [-0.15, -0.1) is 0 Å². The van der Waals surface area contributed by atoms with Crippen molar-refractivity contribution in [2.75, 3.05) is 38.7 Å². The van der Waals surface area contributed by atoms with E-state index in [0.717, 1.165) is 48.5 Å². The number of nitrogens with zero attached hydrogens (tertiary/aromatic N) is 2. The zero-order chi connectivity index (χ0) is 25.6. The summed E-state index contributed by atoms with van der Waals surface area (Å²) < 4.78 is 5.21. The van der Waals surface area contributed by atoms with Gasteiger partial charge in [-0.2, -0.15) is 0 Å². The molecule has 37 heavy (non-hydrogen) atoms. The van der Waals surface area contributed by atoms with Crippen LogP contribution < -0.4 is 10.1 Å². The summed E-state index contributed by atoms with van der Waals surface area (Å²) in [7, 11) is 1.62. The second-order valence-electron chi connectivity index (χ2n) is 9.63. The summed E-state index contributed by atoms with van der Waals surface area (Å²) in [5, 5.41) is 13.3. The third-order valence-electron chi connectivity index (χ3n) is 7.42. The van der Waals surface area contributed by atoms with E-state index < -0.39 is 0 Å². The van der Waals surface area contributed by atoms with Crippen molar-refractivity contribution >= 4 is 11.7 Å². The topological polar surface area (TPSA) is 65.0 Å². The molecule has 0 bridgehead atoms. The van der Waals surface area contributed by atoms with Gasteiger partial charge < -0.3 is 20.1 Å². The van der Waals surface area contributed by atoms with Crippen LogP contribution in [0.5, 0.6) is 5.75 Å². The molecule has 2 amide bonds. The molecule has 2 saturated heterocycles. The zero-order valence-electron chi connectivity index (χ0n) is 21.1. The van der Waals surface area contributed by atoms with Gasteiger partial charge in [0.05, 0.1) is 13.7 Å². The molecule has 0 saturated carbocycles. The van der Waals surface area contributed by atoms with E-state index in [2.05, 4.69) is 46.3 Å². The van der Waals surface area contributed by atoms with Crippen molar-refractivity contribution in [3.05, 3.63) is 95.6 Å². The number of urea groups is 1. The Morgan fingerprint density at radius 1 is 0.946 bits per heavy atom. The number of benzene rings is 3. The van der Waals surface area contributed by atoms with Gasteiger partial charge in [0.2, 0.25) is 0 Å². The van der Waals surface area contributed by atoms with Crippen LogP contribution in [-0.2, 0) is 0 Å². The molecule has 2 aliphatic heterocycles. The average Bonchev–Trinajstić information content (AvgIpc) is 2.92. The number of carbonyl (C=O) groups excluding carboxylic acids is 1. The molecule has 0 spiro atoms. The van der Waals surface area contributed by atoms with Crippen LogP contribution in [0.25, 0.3) is 0 Å². The van der Waals surface area contributed by atoms with Crippen molar-refractivity contribution in [1.82, 2.24) is 9.80 Å². The largest absolute Gasteiger partial charge is 0.497 e. The highest BCUT2D eigenvalue weighted by Gasteiger charge is 2.49. The van der Waals surface area contributed by atoms with Crippen LogP contribution in [0.2, 0.25) is 0 Å². The summed E-state index contributed by atoms with van der Waals surface area (Å²) in [6.07, 6.45) is 1.94. The van der Waals surface area contributed by atoms with Gasteiger partial charge in [0.25, 0.3) is 0 Å². The highest BCUT2D eigenvalue weighted by molar-refractivity contribution is 5.89. The normalized spacial score (nSPS) is 21.4. The fourth-order valence-corrected chi connectivity index (χ4v) is 5.46. The molecule has 3 aromatic carbocycles. The van der Waals surface area contributed by atoms with Gasteiger partial charge in [-0.3, -0.25) is 4.90 Å². The van der Waals surface area contributed by atoms with Gasteiger partial charge in [0, 0.05) is 47.9 Å². The lowest BCUT2D eigenvalue weighted by Gasteiger charge is -2.57. The van der Waals surface area contributed by atoms with E-state index in [1.54, 1.807) is 7.11 Å². The van der Waals surface area contributed by atoms with Crippen molar-refractivity contribution < 1.29 is 14.6 Å². The molecule has 0 radical (unpaired) electrons. The molecule has 3 atom stereocenters. The molecule has 5 rings (SSSR count). The number of hydrogen-bond donors (Lipinski definition) is 2. The fraction of sp³-hybridized carbons (Fsp3) is 0.323. The number of rotatable bonds is 4. The summed E-state index contributed by atoms with van der Waals surface area (Å²) in [5.74, 6) is 7.36. The van der Waals surface area contributed by atoms with Gasteiger partial charge >= 0.3 is 6.03 Å². The number of methoxy groups -OCH3 is 1. The molecule has 2 fully saturated rings. The Morgan fingerprint density at radius 2 is 1.62 bits per heavy atom. The molecular weight excluding hydrogens is 462 g/mol. The van der Waals surface area contributed by atoms with E-state index in [1.165, 1.54) is 5.56 Å². The van der Waals surface area contributed by atoms with E-state index in [1.807, 2.05) is 59.5 Å². The molecule has 6 heteroatoms. The monoisotopic (exact) mass is 495 g/mol. The maximum Gasteiger partial charge on any atom is 0.321 e. The second-order valence-corrected chi connectivity index (χ2v) is 9.63. The highest BCUT2D eigenvalue weighted by Crippen LogP contribution is 2.42. The Morgan fingerprint density at radius 3 is 2.30 bits per heavy atom. The predicted octanol–water partition coefficient (Wildman–Crippen LogP) is 4.55. The third kappa shape index (κ3) is 5.64. The lowest BCUT2D eigenvalue weighted by Crippen LogP contribution is -2.68. The number of aliphatic hydroxyl groups excluding tert-OH is 1. The van der Waals surface area contributed by atoms with Crippen LogP contribution in [0, 0.1) is 11.8 Å². The molecule has 0 aliphatic carbocycles. The van der Waals surface area contributed by atoms with Crippen LogP contribution in [0.4, 0.5) is 10.5 Å². The van der Waals surface area contributed by atoms with Crippen LogP contribution in [-0.4, -0.2) is 66.4 Å². The molecule has 2 N–H and O–H groups in total. The summed E-state index contributed by atoms with van der Waals surface area (Å²) in [6, 6.07) is 25.8. The quantitative estimate of drug-likeness (QED) is 0.521. The summed E-state index contributed by atoms with van der Waals surface area (Å²) >= 11 is 0. The first kappa shape index (κ1) is 24.9. The maximum atomic E-state index is 13.2. The third-order valence-corrected chi connectivity index (χ3v) is 7.42. The predicted molar refractivity (Wildman–Crippen MR) is 146 cm³/mol. The fourth-order valence-electron chi connectivity index (χ4n) is 5.46. The van der Waals surface area contributed by atoms with E-state index >= 15 is 0 Å². The van der Waals surface area contributed by atoms with Gasteiger partial charge in [-0.25, -0.2) is 4.79 Å². The zero-order valence-corrected chi connectivity index (χ0v) is 21.1. The first-order valence-corrected chi connectivity index (χ1v) is 12.9. The lowest BCUT2D eigenvalue weighted by molar-refractivity contribution is -0.0585. The minimum Gasteiger partial charge on any atom is -0.497 e. The Hall–Kier alpha value is -3.79. The van der Waals surface area contributed by atoms with E-state index in [-0.39, 0.29) is 30.6 Å². The van der Waals surface area contributed by atoms with Gasteiger partial charge in [-0.05, 0) is 73.5 Å².